The van der Waals surface area contributed by atoms with Crippen LogP contribution in [0.15, 0.2) is 53.4 Å². The summed E-state index contributed by atoms with van der Waals surface area (Å²) in [6.07, 6.45) is 2.97. The van der Waals surface area contributed by atoms with Gasteiger partial charge in [0, 0.05) is 23.9 Å². The third kappa shape index (κ3) is 3.58. The molecule has 2 N–H and O–H groups in total. The summed E-state index contributed by atoms with van der Waals surface area (Å²) < 4.78 is 0. The number of aromatic amines is 1. The molecule has 0 saturated heterocycles. The number of carbonyl (C=O) groups is 1. The molecule has 3 rings (SSSR count). The predicted molar refractivity (Wildman–Crippen MR) is 85.3 cm³/mol. The first kappa shape index (κ1) is 13.6. The van der Waals surface area contributed by atoms with Crippen molar-refractivity contribution in [2.24, 2.45) is 0 Å². The Labute approximate surface area is 126 Å². The molecule has 0 aliphatic carbocycles. The molecule has 1 amide bonds. The molecule has 0 atom stereocenters. The Kier molecular flexibility index (Phi) is 4.12. The SMILES string of the molecule is O=C(CCc1ccsc1)Nc1cccc(-c2ccn[nH]2)c1. The lowest BCUT2D eigenvalue weighted by molar-refractivity contribution is -0.116. The van der Waals surface area contributed by atoms with Gasteiger partial charge in [0.25, 0.3) is 0 Å². The maximum absolute atomic E-state index is 12.0. The fourth-order valence-electron chi connectivity index (χ4n) is 2.10. The van der Waals surface area contributed by atoms with Crippen molar-refractivity contribution < 1.29 is 4.79 Å². The van der Waals surface area contributed by atoms with Gasteiger partial charge in [0.1, 0.15) is 0 Å². The number of nitrogens with zero attached hydrogens (tertiary/aromatic N) is 1. The molecular weight excluding hydrogens is 282 g/mol. The number of H-pyrrole nitrogens is 1. The summed E-state index contributed by atoms with van der Waals surface area (Å²) in [5.41, 5.74) is 3.95. The van der Waals surface area contributed by atoms with Crippen LogP contribution in [0.5, 0.6) is 0 Å². The number of benzene rings is 1. The fraction of sp³-hybridized carbons (Fsp3) is 0.125. The van der Waals surface area contributed by atoms with E-state index in [2.05, 4.69) is 27.0 Å². The topological polar surface area (TPSA) is 57.8 Å². The minimum atomic E-state index is 0.0305. The lowest BCUT2D eigenvalue weighted by atomic mass is 10.1. The molecule has 5 heteroatoms. The number of rotatable bonds is 5. The van der Waals surface area contributed by atoms with Gasteiger partial charge < -0.3 is 5.32 Å². The molecule has 0 spiro atoms. The average molecular weight is 297 g/mol. The predicted octanol–water partition coefficient (Wildman–Crippen LogP) is 3.71. The third-order valence-electron chi connectivity index (χ3n) is 3.18. The van der Waals surface area contributed by atoms with Crippen molar-refractivity contribution in [2.45, 2.75) is 12.8 Å². The largest absolute Gasteiger partial charge is 0.326 e. The van der Waals surface area contributed by atoms with Crippen molar-refractivity contribution in [2.75, 3.05) is 5.32 Å². The molecule has 0 unspecified atom stereocenters. The van der Waals surface area contributed by atoms with Crippen LogP contribution in [0.1, 0.15) is 12.0 Å². The molecule has 0 bridgehead atoms. The standard InChI is InChI=1S/C16H15N3OS/c20-16(5-4-12-7-9-21-11-12)18-14-3-1-2-13(10-14)15-6-8-17-19-15/h1-3,6-11H,4-5H2,(H,17,19)(H,18,20). The van der Waals surface area contributed by atoms with Crippen LogP contribution in [0.3, 0.4) is 0 Å². The van der Waals surface area contributed by atoms with Gasteiger partial charge in [-0.25, -0.2) is 0 Å². The Hall–Kier alpha value is -2.40. The molecule has 0 saturated carbocycles. The Morgan fingerprint density at radius 1 is 1.29 bits per heavy atom. The summed E-state index contributed by atoms with van der Waals surface area (Å²) in [5, 5.41) is 13.9. The maximum Gasteiger partial charge on any atom is 0.224 e. The fourth-order valence-corrected chi connectivity index (χ4v) is 2.80. The zero-order valence-corrected chi connectivity index (χ0v) is 12.2. The Balaban J connectivity index is 1.62. The van der Waals surface area contributed by atoms with Crippen LogP contribution >= 0.6 is 11.3 Å². The van der Waals surface area contributed by atoms with Crippen LogP contribution in [0.2, 0.25) is 0 Å². The van der Waals surface area contributed by atoms with E-state index in [1.807, 2.05) is 35.7 Å². The highest BCUT2D eigenvalue weighted by Gasteiger charge is 2.05. The van der Waals surface area contributed by atoms with Gasteiger partial charge in [-0.1, -0.05) is 12.1 Å². The van der Waals surface area contributed by atoms with E-state index >= 15 is 0 Å². The second-order valence-electron chi connectivity index (χ2n) is 4.73. The van der Waals surface area contributed by atoms with Crippen molar-refractivity contribution in [1.82, 2.24) is 10.2 Å². The normalized spacial score (nSPS) is 10.5. The molecule has 0 aliphatic rings. The van der Waals surface area contributed by atoms with E-state index < -0.39 is 0 Å². The highest BCUT2D eigenvalue weighted by Crippen LogP contribution is 2.20. The Morgan fingerprint density at radius 2 is 2.24 bits per heavy atom. The molecule has 2 heterocycles. The van der Waals surface area contributed by atoms with Crippen LogP contribution in [0.4, 0.5) is 5.69 Å². The maximum atomic E-state index is 12.0. The number of hydrogen-bond donors (Lipinski definition) is 2. The van der Waals surface area contributed by atoms with Crippen LogP contribution in [0.25, 0.3) is 11.3 Å². The van der Waals surface area contributed by atoms with E-state index in [1.165, 1.54) is 5.56 Å². The second-order valence-corrected chi connectivity index (χ2v) is 5.51. The first-order valence-electron chi connectivity index (χ1n) is 6.72. The minimum Gasteiger partial charge on any atom is -0.326 e. The van der Waals surface area contributed by atoms with Crippen molar-refractivity contribution in [3.05, 3.63) is 58.9 Å². The summed E-state index contributed by atoms with van der Waals surface area (Å²) in [7, 11) is 0. The van der Waals surface area contributed by atoms with Gasteiger partial charge in [-0.2, -0.15) is 16.4 Å². The molecule has 0 fully saturated rings. The first-order valence-corrected chi connectivity index (χ1v) is 7.66. The van der Waals surface area contributed by atoms with E-state index in [1.54, 1.807) is 17.5 Å². The van der Waals surface area contributed by atoms with Gasteiger partial charge in [-0.05, 0) is 47.0 Å². The van der Waals surface area contributed by atoms with Gasteiger partial charge >= 0.3 is 0 Å². The summed E-state index contributed by atoms with van der Waals surface area (Å²) >= 11 is 1.65. The number of carbonyl (C=O) groups excluding carboxylic acids is 1. The highest BCUT2D eigenvalue weighted by molar-refractivity contribution is 7.07. The first-order chi connectivity index (χ1) is 10.3. The number of hydrogen-bond acceptors (Lipinski definition) is 3. The summed E-state index contributed by atoms with van der Waals surface area (Å²) in [6, 6.07) is 11.7. The number of thiophene rings is 1. The molecule has 2 aromatic heterocycles. The van der Waals surface area contributed by atoms with Crippen molar-refractivity contribution in [1.29, 1.82) is 0 Å². The lowest BCUT2D eigenvalue weighted by Gasteiger charge is -2.06. The number of anilines is 1. The molecule has 4 nitrogen and oxygen atoms in total. The Bertz CT molecular complexity index is 705. The van der Waals surface area contributed by atoms with Gasteiger partial charge in [-0.15, -0.1) is 0 Å². The number of amides is 1. The lowest BCUT2D eigenvalue weighted by Crippen LogP contribution is -2.12. The van der Waals surface area contributed by atoms with E-state index in [0.29, 0.717) is 6.42 Å². The van der Waals surface area contributed by atoms with Crippen LogP contribution in [0, 0.1) is 0 Å². The van der Waals surface area contributed by atoms with Gasteiger partial charge in [0.2, 0.25) is 5.91 Å². The smallest absolute Gasteiger partial charge is 0.224 e. The van der Waals surface area contributed by atoms with Crippen LogP contribution in [-0.2, 0) is 11.2 Å². The number of nitrogens with one attached hydrogen (secondary N) is 2. The molecular formula is C16H15N3OS. The second kappa shape index (κ2) is 6.37. The van der Waals surface area contributed by atoms with Crippen molar-refractivity contribution in [3.63, 3.8) is 0 Å². The van der Waals surface area contributed by atoms with Crippen molar-refractivity contribution >= 4 is 22.9 Å². The van der Waals surface area contributed by atoms with E-state index in [4.69, 9.17) is 0 Å². The molecule has 3 aromatic rings. The van der Waals surface area contributed by atoms with Gasteiger partial charge in [0.05, 0.1) is 5.69 Å². The monoisotopic (exact) mass is 297 g/mol. The quantitative estimate of drug-likeness (QED) is 0.754. The zero-order valence-electron chi connectivity index (χ0n) is 11.4. The minimum absolute atomic E-state index is 0.0305. The van der Waals surface area contributed by atoms with E-state index in [0.717, 1.165) is 23.4 Å². The molecule has 0 radical (unpaired) electrons. The molecule has 0 aliphatic heterocycles. The zero-order chi connectivity index (χ0) is 14.5. The number of aryl methyl sites for hydroxylation is 1. The van der Waals surface area contributed by atoms with Crippen molar-refractivity contribution in [3.8, 4) is 11.3 Å². The van der Waals surface area contributed by atoms with Gasteiger partial charge in [0.15, 0.2) is 0 Å². The molecule has 106 valence electrons. The summed E-state index contributed by atoms with van der Waals surface area (Å²) in [6.45, 7) is 0. The van der Waals surface area contributed by atoms with E-state index in [-0.39, 0.29) is 5.91 Å². The summed E-state index contributed by atoms with van der Waals surface area (Å²) in [5.74, 6) is 0.0305. The van der Waals surface area contributed by atoms with Gasteiger partial charge in [-0.3, -0.25) is 9.89 Å². The third-order valence-corrected chi connectivity index (χ3v) is 3.91. The summed E-state index contributed by atoms with van der Waals surface area (Å²) in [4.78, 5) is 12.0. The molecule has 1 aromatic carbocycles. The average Bonchev–Trinajstić information content (AvgIpc) is 3.19. The molecule has 21 heavy (non-hydrogen) atoms. The highest BCUT2D eigenvalue weighted by atomic mass is 32.1. The Morgan fingerprint density at radius 3 is 3.00 bits per heavy atom. The van der Waals surface area contributed by atoms with Crippen LogP contribution in [-0.4, -0.2) is 16.1 Å². The van der Waals surface area contributed by atoms with Crippen LogP contribution < -0.4 is 5.32 Å². The number of aromatic nitrogens is 2. The van der Waals surface area contributed by atoms with E-state index in [9.17, 15) is 4.79 Å².